The van der Waals surface area contributed by atoms with E-state index in [1.165, 1.54) is 0 Å². The van der Waals surface area contributed by atoms with E-state index in [1.54, 1.807) is 36.6 Å². The van der Waals surface area contributed by atoms with Crippen LogP contribution < -0.4 is 10.9 Å². The zero-order valence-corrected chi connectivity index (χ0v) is 14.1. The summed E-state index contributed by atoms with van der Waals surface area (Å²) in [6.07, 6.45) is 1.62. The van der Waals surface area contributed by atoms with Gasteiger partial charge in [0.25, 0.3) is 11.8 Å². The largest absolute Gasteiger partial charge is 0.467 e. The van der Waals surface area contributed by atoms with Crippen molar-refractivity contribution >= 4 is 11.8 Å². The van der Waals surface area contributed by atoms with Gasteiger partial charge in [0.1, 0.15) is 5.76 Å². The zero-order valence-electron chi connectivity index (χ0n) is 14.1. The predicted molar refractivity (Wildman–Crippen MR) is 93.1 cm³/mol. The molecule has 3 aromatic rings. The quantitative estimate of drug-likeness (QED) is 0.719. The number of nitrogens with zero attached hydrogens (tertiary/aromatic N) is 1. The van der Waals surface area contributed by atoms with Crippen LogP contribution in [0.4, 0.5) is 0 Å². The van der Waals surface area contributed by atoms with E-state index in [0.29, 0.717) is 17.7 Å². The Bertz CT molecular complexity index is 880. The van der Waals surface area contributed by atoms with Gasteiger partial charge in [-0.05, 0) is 44.2 Å². The number of hydrogen-bond acceptors (Lipinski definition) is 3. The SMILES string of the molecule is Cc1cc(C(=O)NNC(=O)c2ccccc2)c(C)n1Cc1ccco1. The molecule has 6 nitrogen and oxygen atoms in total. The summed E-state index contributed by atoms with van der Waals surface area (Å²) in [5, 5.41) is 0. The highest BCUT2D eigenvalue weighted by molar-refractivity contribution is 5.99. The van der Waals surface area contributed by atoms with Gasteiger partial charge in [-0.3, -0.25) is 20.4 Å². The fourth-order valence-corrected chi connectivity index (χ4v) is 2.68. The number of carbonyl (C=O) groups excluding carboxylic acids is 2. The summed E-state index contributed by atoms with van der Waals surface area (Å²) in [7, 11) is 0. The van der Waals surface area contributed by atoms with E-state index < -0.39 is 0 Å². The normalized spacial score (nSPS) is 10.5. The molecule has 1 aromatic carbocycles. The fourth-order valence-electron chi connectivity index (χ4n) is 2.68. The van der Waals surface area contributed by atoms with Crippen molar-refractivity contribution < 1.29 is 14.0 Å². The Morgan fingerprint density at radius 3 is 2.40 bits per heavy atom. The van der Waals surface area contributed by atoms with E-state index in [1.807, 2.05) is 36.6 Å². The molecule has 0 fully saturated rings. The van der Waals surface area contributed by atoms with Crippen LogP contribution in [-0.4, -0.2) is 16.4 Å². The summed E-state index contributed by atoms with van der Waals surface area (Å²) in [4.78, 5) is 24.4. The lowest BCUT2D eigenvalue weighted by molar-refractivity contribution is 0.0846. The summed E-state index contributed by atoms with van der Waals surface area (Å²) in [6, 6.07) is 14.2. The zero-order chi connectivity index (χ0) is 17.8. The van der Waals surface area contributed by atoms with Crippen molar-refractivity contribution in [1.82, 2.24) is 15.4 Å². The van der Waals surface area contributed by atoms with Gasteiger partial charge in [0.2, 0.25) is 0 Å². The summed E-state index contributed by atoms with van der Waals surface area (Å²) < 4.78 is 7.36. The summed E-state index contributed by atoms with van der Waals surface area (Å²) in [5.74, 6) is 0.0903. The molecule has 2 N–H and O–H groups in total. The molecule has 0 spiro atoms. The fraction of sp³-hybridized carbons (Fsp3) is 0.158. The molecular weight excluding hydrogens is 318 g/mol. The molecule has 0 saturated carbocycles. The summed E-state index contributed by atoms with van der Waals surface area (Å²) in [6.45, 7) is 4.34. The van der Waals surface area contributed by atoms with Crippen LogP contribution in [0.1, 0.15) is 37.9 Å². The number of hydrogen-bond donors (Lipinski definition) is 2. The standard InChI is InChI=1S/C19H19N3O3/c1-13-11-17(14(2)22(13)12-16-9-6-10-25-16)19(24)21-20-18(23)15-7-4-3-5-8-15/h3-11H,12H2,1-2H3,(H,20,23)(H,21,24). The molecule has 3 rings (SSSR count). The van der Waals surface area contributed by atoms with Crippen molar-refractivity contribution in [2.24, 2.45) is 0 Å². The number of rotatable bonds is 4. The molecule has 6 heteroatoms. The lowest BCUT2D eigenvalue weighted by atomic mass is 10.2. The molecule has 0 radical (unpaired) electrons. The van der Waals surface area contributed by atoms with E-state index in [0.717, 1.165) is 17.1 Å². The number of nitrogens with one attached hydrogen (secondary N) is 2. The van der Waals surface area contributed by atoms with Gasteiger partial charge < -0.3 is 8.98 Å². The van der Waals surface area contributed by atoms with E-state index in [-0.39, 0.29) is 11.8 Å². The maximum absolute atomic E-state index is 12.4. The van der Waals surface area contributed by atoms with E-state index in [2.05, 4.69) is 10.9 Å². The lowest BCUT2D eigenvalue weighted by Gasteiger charge is -2.09. The second-order valence-electron chi connectivity index (χ2n) is 5.72. The molecule has 25 heavy (non-hydrogen) atoms. The molecular formula is C19H19N3O3. The molecule has 128 valence electrons. The van der Waals surface area contributed by atoms with E-state index in [4.69, 9.17) is 4.42 Å². The Kier molecular flexibility index (Phi) is 4.70. The van der Waals surface area contributed by atoms with Gasteiger partial charge in [-0.1, -0.05) is 18.2 Å². The van der Waals surface area contributed by atoms with E-state index in [9.17, 15) is 9.59 Å². The average Bonchev–Trinajstić information content (AvgIpc) is 3.24. The van der Waals surface area contributed by atoms with Crippen LogP contribution >= 0.6 is 0 Å². The van der Waals surface area contributed by atoms with E-state index >= 15 is 0 Å². The van der Waals surface area contributed by atoms with Crippen LogP contribution in [0, 0.1) is 13.8 Å². The van der Waals surface area contributed by atoms with Gasteiger partial charge in [0, 0.05) is 17.0 Å². The second kappa shape index (κ2) is 7.09. The predicted octanol–water partition coefficient (Wildman–Crippen LogP) is 2.82. The topological polar surface area (TPSA) is 76.3 Å². The highest BCUT2D eigenvalue weighted by atomic mass is 16.3. The lowest BCUT2D eigenvalue weighted by Crippen LogP contribution is -2.41. The van der Waals surface area contributed by atoms with Crippen LogP contribution in [0.2, 0.25) is 0 Å². The van der Waals surface area contributed by atoms with Gasteiger partial charge in [-0.25, -0.2) is 0 Å². The Labute approximate surface area is 145 Å². The molecule has 0 aliphatic heterocycles. The van der Waals surface area contributed by atoms with Crippen molar-refractivity contribution in [2.45, 2.75) is 20.4 Å². The third-order valence-corrected chi connectivity index (χ3v) is 4.04. The molecule has 0 atom stereocenters. The number of furan rings is 1. The molecule has 2 heterocycles. The van der Waals surface area contributed by atoms with Crippen molar-refractivity contribution in [3.63, 3.8) is 0 Å². The molecule has 2 amide bonds. The Morgan fingerprint density at radius 1 is 1.00 bits per heavy atom. The molecule has 2 aromatic heterocycles. The van der Waals surface area contributed by atoms with Gasteiger partial charge in [0.15, 0.2) is 0 Å². The second-order valence-corrected chi connectivity index (χ2v) is 5.72. The van der Waals surface area contributed by atoms with Gasteiger partial charge in [0.05, 0.1) is 18.4 Å². The number of hydrazine groups is 1. The van der Waals surface area contributed by atoms with Crippen molar-refractivity contribution in [3.8, 4) is 0 Å². The third kappa shape index (κ3) is 3.63. The number of benzene rings is 1. The van der Waals surface area contributed by atoms with Crippen molar-refractivity contribution in [2.75, 3.05) is 0 Å². The number of aromatic nitrogens is 1. The number of amides is 2. The summed E-state index contributed by atoms with van der Waals surface area (Å²) >= 11 is 0. The van der Waals surface area contributed by atoms with Crippen LogP contribution in [0.25, 0.3) is 0 Å². The first-order valence-corrected chi connectivity index (χ1v) is 7.91. The minimum absolute atomic E-state index is 0.358. The first-order chi connectivity index (χ1) is 12.1. The Balaban J connectivity index is 1.69. The number of carbonyl (C=O) groups is 2. The first-order valence-electron chi connectivity index (χ1n) is 7.91. The summed E-state index contributed by atoms with van der Waals surface area (Å²) in [5.41, 5.74) is 7.63. The Morgan fingerprint density at radius 2 is 1.72 bits per heavy atom. The van der Waals surface area contributed by atoms with Crippen LogP contribution in [-0.2, 0) is 6.54 Å². The molecule has 0 bridgehead atoms. The molecule has 0 unspecified atom stereocenters. The maximum Gasteiger partial charge on any atom is 0.271 e. The minimum Gasteiger partial charge on any atom is -0.467 e. The first kappa shape index (κ1) is 16.6. The van der Waals surface area contributed by atoms with Gasteiger partial charge in [-0.2, -0.15) is 0 Å². The molecule has 0 aliphatic carbocycles. The smallest absolute Gasteiger partial charge is 0.271 e. The van der Waals surface area contributed by atoms with Gasteiger partial charge in [-0.15, -0.1) is 0 Å². The molecule has 0 saturated heterocycles. The third-order valence-electron chi connectivity index (χ3n) is 4.04. The van der Waals surface area contributed by atoms with Crippen LogP contribution in [0.15, 0.2) is 59.2 Å². The molecule has 0 aliphatic rings. The maximum atomic E-state index is 12.4. The van der Waals surface area contributed by atoms with Crippen molar-refractivity contribution in [1.29, 1.82) is 0 Å². The minimum atomic E-state index is -0.363. The van der Waals surface area contributed by atoms with Gasteiger partial charge >= 0.3 is 0 Å². The van der Waals surface area contributed by atoms with Crippen LogP contribution in [0.5, 0.6) is 0 Å². The monoisotopic (exact) mass is 337 g/mol. The van der Waals surface area contributed by atoms with Crippen molar-refractivity contribution in [3.05, 3.63) is 83.1 Å². The number of aryl methyl sites for hydroxylation is 1. The highest BCUT2D eigenvalue weighted by Gasteiger charge is 2.17. The highest BCUT2D eigenvalue weighted by Crippen LogP contribution is 2.17. The van der Waals surface area contributed by atoms with Crippen LogP contribution in [0.3, 0.4) is 0 Å². The average molecular weight is 337 g/mol. The Hall–Kier alpha value is -3.28.